The van der Waals surface area contributed by atoms with Crippen LogP contribution in [0.3, 0.4) is 0 Å². The molecule has 0 saturated heterocycles. The third-order valence-corrected chi connectivity index (χ3v) is 7.11. The van der Waals surface area contributed by atoms with Gasteiger partial charge in [-0.2, -0.15) is 0 Å². The summed E-state index contributed by atoms with van der Waals surface area (Å²) in [4.78, 5) is 29.4. The van der Waals surface area contributed by atoms with Crippen LogP contribution in [0.25, 0.3) is 0 Å². The van der Waals surface area contributed by atoms with Crippen molar-refractivity contribution in [2.45, 2.75) is 48.8 Å². The number of fused-ring (bicyclic) bond motifs is 1. The maximum atomic E-state index is 12.4. The molecule has 1 aliphatic rings. The van der Waals surface area contributed by atoms with Crippen LogP contribution in [0.4, 0.5) is 11.4 Å². The average Bonchev–Trinajstić information content (AvgIpc) is 3.17. The molecule has 0 radical (unpaired) electrons. The molecule has 0 atom stereocenters. The summed E-state index contributed by atoms with van der Waals surface area (Å²) in [7, 11) is 0. The predicted molar refractivity (Wildman–Crippen MR) is 129 cm³/mol. The van der Waals surface area contributed by atoms with Gasteiger partial charge in [0, 0.05) is 40.2 Å². The number of benzene rings is 2. The number of carbonyl (C=O) groups excluding carboxylic acids is 2. The van der Waals surface area contributed by atoms with Crippen molar-refractivity contribution >= 4 is 46.3 Å². The zero-order valence-corrected chi connectivity index (χ0v) is 19.7. The predicted octanol–water partition coefficient (Wildman–Crippen LogP) is 5.59. The quantitative estimate of drug-likeness (QED) is 0.422. The van der Waals surface area contributed by atoms with Gasteiger partial charge in [-0.1, -0.05) is 11.8 Å². The van der Waals surface area contributed by atoms with E-state index < -0.39 is 0 Å². The van der Waals surface area contributed by atoms with Crippen LogP contribution >= 0.6 is 23.1 Å². The number of carbonyl (C=O) groups is 2. The monoisotopic (exact) mass is 467 g/mol. The Bertz CT molecular complexity index is 1140. The highest BCUT2D eigenvalue weighted by Crippen LogP contribution is 2.32. The largest absolute Gasteiger partial charge is 0.494 e. The summed E-state index contributed by atoms with van der Waals surface area (Å²) in [5.41, 5.74) is 4.82. The number of nitrogens with zero attached hydrogens (tertiary/aromatic N) is 1. The number of rotatable bonds is 8. The van der Waals surface area contributed by atoms with E-state index in [9.17, 15) is 9.59 Å². The first kappa shape index (κ1) is 22.4. The van der Waals surface area contributed by atoms with E-state index in [1.165, 1.54) is 0 Å². The lowest BCUT2D eigenvalue weighted by atomic mass is 10.0. The normalized spacial score (nSPS) is 12.8. The van der Waals surface area contributed by atoms with E-state index in [1.807, 2.05) is 49.6 Å². The fourth-order valence-corrected chi connectivity index (χ4v) is 5.31. The topological polar surface area (TPSA) is 80.3 Å². The summed E-state index contributed by atoms with van der Waals surface area (Å²) in [6, 6.07) is 11.7. The first-order valence-electron chi connectivity index (χ1n) is 10.5. The molecule has 3 aromatic rings. The number of amides is 2. The van der Waals surface area contributed by atoms with Crippen LogP contribution in [-0.2, 0) is 16.0 Å². The zero-order chi connectivity index (χ0) is 22.5. The second-order valence-corrected chi connectivity index (χ2v) is 9.88. The van der Waals surface area contributed by atoms with Crippen molar-refractivity contribution in [1.29, 1.82) is 0 Å². The number of anilines is 2. The van der Waals surface area contributed by atoms with Gasteiger partial charge < -0.3 is 15.4 Å². The number of aryl methyl sites for hydroxylation is 3. The van der Waals surface area contributed by atoms with E-state index in [0.717, 1.165) is 49.6 Å². The molecule has 2 N–H and O–H groups in total. The Morgan fingerprint density at radius 1 is 1.22 bits per heavy atom. The molecule has 0 fully saturated rings. The second-order valence-electron chi connectivity index (χ2n) is 7.70. The van der Waals surface area contributed by atoms with Gasteiger partial charge >= 0.3 is 0 Å². The van der Waals surface area contributed by atoms with E-state index in [4.69, 9.17) is 4.74 Å². The Morgan fingerprint density at radius 2 is 2.09 bits per heavy atom. The van der Waals surface area contributed by atoms with Crippen LogP contribution in [0.5, 0.6) is 5.75 Å². The zero-order valence-electron chi connectivity index (χ0n) is 18.1. The molecular formula is C24H25N3O3S2. The summed E-state index contributed by atoms with van der Waals surface area (Å²) in [5, 5.41) is 7.89. The minimum Gasteiger partial charge on any atom is -0.494 e. The van der Waals surface area contributed by atoms with Crippen LogP contribution < -0.4 is 15.4 Å². The lowest BCUT2D eigenvalue weighted by molar-refractivity contribution is -0.117. The SMILES string of the molecule is Cc1csc(Sc2ccc(NC(=O)CCCOc3ccc4c(c3)CCC(=O)N4)c(C)c2)n1. The molecule has 32 heavy (non-hydrogen) atoms. The summed E-state index contributed by atoms with van der Waals surface area (Å²) >= 11 is 3.27. The van der Waals surface area contributed by atoms with Crippen molar-refractivity contribution < 1.29 is 14.3 Å². The van der Waals surface area contributed by atoms with E-state index in [0.29, 0.717) is 25.9 Å². The van der Waals surface area contributed by atoms with Gasteiger partial charge in [-0.15, -0.1) is 11.3 Å². The highest BCUT2D eigenvalue weighted by atomic mass is 32.2. The molecule has 0 unspecified atom stereocenters. The Kier molecular flexibility index (Phi) is 7.12. The molecule has 0 bridgehead atoms. The fraction of sp³-hybridized carbons (Fsp3) is 0.292. The molecule has 2 amide bonds. The Hall–Kier alpha value is -2.84. The fourth-order valence-electron chi connectivity index (χ4n) is 3.40. The first-order chi connectivity index (χ1) is 15.5. The van der Waals surface area contributed by atoms with Crippen molar-refractivity contribution in [1.82, 2.24) is 4.98 Å². The molecule has 166 valence electrons. The van der Waals surface area contributed by atoms with Crippen LogP contribution in [0.1, 0.15) is 36.1 Å². The molecule has 4 rings (SSSR count). The second kappa shape index (κ2) is 10.2. The molecule has 6 nitrogen and oxygen atoms in total. The number of thiazole rings is 1. The van der Waals surface area contributed by atoms with E-state index in [-0.39, 0.29) is 11.8 Å². The Labute approximate surface area is 195 Å². The van der Waals surface area contributed by atoms with Gasteiger partial charge in [-0.25, -0.2) is 4.98 Å². The van der Waals surface area contributed by atoms with Crippen LogP contribution in [-0.4, -0.2) is 23.4 Å². The van der Waals surface area contributed by atoms with E-state index in [1.54, 1.807) is 23.1 Å². The lowest BCUT2D eigenvalue weighted by Crippen LogP contribution is -2.18. The minimum atomic E-state index is -0.0270. The third-order valence-electron chi connectivity index (χ3n) is 5.06. The minimum absolute atomic E-state index is 0.0270. The number of hydrogen-bond donors (Lipinski definition) is 2. The van der Waals surface area contributed by atoms with E-state index in [2.05, 4.69) is 21.7 Å². The van der Waals surface area contributed by atoms with Gasteiger partial charge in [0.15, 0.2) is 4.34 Å². The van der Waals surface area contributed by atoms with Crippen molar-refractivity contribution in [3.63, 3.8) is 0 Å². The van der Waals surface area contributed by atoms with Crippen LogP contribution in [0.15, 0.2) is 51.0 Å². The van der Waals surface area contributed by atoms with Crippen LogP contribution in [0, 0.1) is 13.8 Å². The summed E-state index contributed by atoms with van der Waals surface area (Å²) < 4.78 is 6.81. The van der Waals surface area contributed by atoms with Crippen molar-refractivity contribution in [3.8, 4) is 5.75 Å². The van der Waals surface area contributed by atoms with Crippen molar-refractivity contribution in [2.75, 3.05) is 17.2 Å². The standard InChI is InChI=1S/C24H25N3O3S2/c1-15-12-19(32-24-25-16(2)14-31-24)7-9-20(15)26-22(28)4-3-11-30-18-6-8-21-17(13-18)5-10-23(29)27-21/h6-9,12-14H,3-5,10-11H2,1-2H3,(H,26,28)(H,27,29). The number of hydrogen-bond acceptors (Lipinski definition) is 6. The van der Waals surface area contributed by atoms with Gasteiger partial charge in [0.2, 0.25) is 11.8 Å². The maximum absolute atomic E-state index is 12.4. The van der Waals surface area contributed by atoms with Gasteiger partial charge in [0.25, 0.3) is 0 Å². The molecule has 8 heteroatoms. The van der Waals surface area contributed by atoms with Crippen molar-refractivity contribution in [3.05, 3.63) is 58.6 Å². The van der Waals surface area contributed by atoms with Crippen molar-refractivity contribution in [2.24, 2.45) is 0 Å². The van der Waals surface area contributed by atoms with E-state index >= 15 is 0 Å². The molecule has 2 heterocycles. The molecule has 0 saturated carbocycles. The number of ether oxygens (including phenoxy) is 1. The van der Waals surface area contributed by atoms with Gasteiger partial charge in [-0.3, -0.25) is 9.59 Å². The average molecular weight is 468 g/mol. The molecule has 0 spiro atoms. The molecule has 2 aromatic carbocycles. The maximum Gasteiger partial charge on any atom is 0.224 e. The molecule has 0 aliphatic carbocycles. The van der Waals surface area contributed by atoms with Gasteiger partial charge in [0.1, 0.15) is 5.75 Å². The molecular weight excluding hydrogens is 442 g/mol. The Balaban J connectivity index is 1.22. The summed E-state index contributed by atoms with van der Waals surface area (Å²) in [6.07, 6.45) is 2.23. The molecule has 1 aliphatic heterocycles. The third kappa shape index (κ3) is 5.89. The Morgan fingerprint density at radius 3 is 2.88 bits per heavy atom. The smallest absolute Gasteiger partial charge is 0.224 e. The first-order valence-corrected chi connectivity index (χ1v) is 12.2. The summed E-state index contributed by atoms with van der Waals surface area (Å²) in [6.45, 7) is 4.44. The number of aromatic nitrogens is 1. The summed E-state index contributed by atoms with van der Waals surface area (Å²) in [5.74, 6) is 0.788. The highest BCUT2D eigenvalue weighted by molar-refractivity contribution is 8.01. The number of nitrogens with one attached hydrogen (secondary N) is 2. The van der Waals surface area contributed by atoms with Crippen LogP contribution in [0.2, 0.25) is 0 Å². The van der Waals surface area contributed by atoms with Gasteiger partial charge in [0.05, 0.1) is 6.61 Å². The highest BCUT2D eigenvalue weighted by Gasteiger charge is 2.15. The lowest BCUT2D eigenvalue weighted by Gasteiger charge is -2.17. The van der Waals surface area contributed by atoms with Gasteiger partial charge in [-0.05, 0) is 74.2 Å². The molecule has 1 aromatic heterocycles.